The van der Waals surface area contributed by atoms with E-state index in [4.69, 9.17) is 5.11 Å². The van der Waals surface area contributed by atoms with Gasteiger partial charge in [-0.2, -0.15) is 23.4 Å². The maximum absolute atomic E-state index is 12.8. The molecule has 0 aliphatic carbocycles. The van der Waals surface area contributed by atoms with Crippen molar-refractivity contribution >= 4 is 5.97 Å². The monoisotopic (exact) mass is 350 g/mol. The van der Waals surface area contributed by atoms with Crippen molar-refractivity contribution in [2.45, 2.75) is 19.3 Å². The second-order valence-electron chi connectivity index (χ2n) is 5.41. The number of carbonyl (C=O) groups is 1. The summed E-state index contributed by atoms with van der Waals surface area (Å²) >= 11 is 0. The van der Waals surface area contributed by atoms with Crippen LogP contribution < -0.4 is 0 Å². The van der Waals surface area contributed by atoms with Gasteiger partial charge in [0.15, 0.2) is 5.69 Å². The highest BCUT2D eigenvalue weighted by atomic mass is 19.4. The van der Waals surface area contributed by atoms with Crippen LogP contribution in [-0.4, -0.2) is 30.6 Å². The molecule has 0 spiro atoms. The van der Waals surface area contributed by atoms with Gasteiger partial charge in [0, 0.05) is 18.6 Å². The number of halogens is 3. The molecule has 9 heteroatoms. The Kier molecular flexibility index (Phi) is 4.30. The van der Waals surface area contributed by atoms with Crippen molar-refractivity contribution in [3.8, 4) is 0 Å². The molecule has 1 aromatic carbocycles. The first-order valence-corrected chi connectivity index (χ1v) is 7.26. The summed E-state index contributed by atoms with van der Waals surface area (Å²) in [6, 6.07) is 9.00. The summed E-state index contributed by atoms with van der Waals surface area (Å²) in [5.41, 5.74) is -0.564. The van der Waals surface area contributed by atoms with Crippen LogP contribution >= 0.6 is 0 Å². The van der Waals surface area contributed by atoms with Crippen molar-refractivity contribution in [1.82, 2.24) is 19.6 Å². The fourth-order valence-corrected chi connectivity index (χ4v) is 2.39. The maximum Gasteiger partial charge on any atom is 0.436 e. The Labute approximate surface area is 140 Å². The molecular weight excluding hydrogens is 337 g/mol. The average Bonchev–Trinajstić information content (AvgIpc) is 3.18. The fraction of sp³-hybridized carbons (Fsp3) is 0.188. The van der Waals surface area contributed by atoms with Crippen LogP contribution in [0.15, 0.2) is 48.9 Å². The molecule has 0 fully saturated rings. The summed E-state index contributed by atoms with van der Waals surface area (Å²) in [5, 5.41) is 16.4. The zero-order chi connectivity index (χ0) is 18.0. The molecule has 0 unspecified atom stereocenters. The molecule has 130 valence electrons. The normalized spacial score (nSPS) is 11.6. The molecule has 0 bridgehead atoms. The van der Waals surface area contributed by atoms with Gasteiger partial charge in [-0.25, -0.2) is 4.79 Å². The molecule has 2 aromatic heterocycles. The highest BCUT2D eigenvalue weighted by Gasteiger charge is 2.39. The first kappa shape index (κ1) is 16.7. The highest BCUT2D eigenvalue weighted by Crippen LogP contribution is 2.30. The molecule has 2 heterocycles. The molecular formula is C16H13F3N4O2. The number of aromatic nitrogens is 4. The smallest absolute Gasteiger partial charge is 0.436 e. The van der Waals surface area contributed by atoms with Gasteiger partial charge in [-0.05, 0) is 17.2 Å². The molecule has 3 rings (SSSR count). The molecule has 0 saturated carbocycles. The number of carboxylic acid groups (broad SMARTS) is 1. The van der Waals surface area contributed by atoms with E-state index in [-0.39, 0.29) is 6.54 Å². The van der Waals surface area contributed by atoms with Gasteiger partial charge in [-0.15, -0.1) is 0 Å². The molecule has 1 N–H and O–H groups in total. The number of rotatable bonds is 5. The third-order valence-corrected chi connectivity index (χ3v) is 3.53. The predicted octanol–water partition coefficient (Wildman–Crippen LogP) is 2.89. The minimum atomic E-state index is -4.81. The zero-order valence-electron chi connectivity index (χ0n) is 12.8. The number of nitrogens with zero attached hydrogens (tertiary/aromatic N) is 4. The van der Waals surface area contributed by atoms with Gasteiger partial charge in [-0.1, -0.05) is 24.3 Å². The van der Waals surface area contributed by atoms with Crippen LogP contribution in [-0.2, 0) is 19.3 Å². The molecule has 0 aliphatic rings. The van der Waals surface area contributed by atoms with E-state index >= 15 is 0 Å². The predicted molar refractivity (Wildman–Crippen MR) is 81.1 cm³/mol. The quantitative estimate of drug-likeness (QED) is 0.768. The molecule has 0 atom stereocenters. The van der Waals surface area contributed by atoms with Crippen molar-refractivity contribution in [3.05, 3.63) is 71.3 Å². The first-order chi connectivity index (χ1) is 11.8. The van der Waals surface area contributed by atoms with Crippen LogP contribution in [0.5, 0.6) is 0 Å². The Morgan fingerprint density at radius 1 is 1.08 bits per heavy atom. The molecule has 25 heavy (non-hydrogen) atoms. The van der Waals surface area contributed by atoms with Crippen molar-refractivity contribution in [2.24, 2.45) is 0 Å². The molecule has 0 aliphatic heterocycles. The molecule has 3 aromatic rings. The summed E-state index contributed by atoms with van der Waals surface area (Å²) in [6.07, 6.45) is -0.427. The number of hydrogen-bond donors (Lipinski definition) is 1. The van der Waals surface area contributed by atoms with Gasteiger partial charge in [0.1, 0.15) is 5.56 Å². The summed E-state index contributed by atoms with van der Waals surface area (Å²) in [6.45, 7) is 0.620. The number of alkyl halides is 3. The third kappa shape index (κ3) is 3.87. The van der Waals surface area contributed by atoms with E-state index in [2.05, 4.69) is 10.2 Å². The van der Waals surface area contributed by atoms with Crippen molar-refractivity contribution in [1.29, 1.82) is 0 Å². The SMILES string of the molecule is O=C(O)c1cn(Cc2ccc(Cn3cccn3)cc2)nc1C(F)(F)F. The van der Waals surface area contributed by atoms with Gasteiger partial charge < -0.3 is 5.11 Å². The lowest BCUT2D eigenvalue weighted by molar-refractivity contribution is -0.142. The molecule has 6 nitrogen and oxygen atoms in total. The van der Waals surface area contributed by atoms with E-state index in [0.29, 0.717) is 12.1 Å². The summed E-state index contributed by atoms with van der Waals surface area (Å²) in [5.74, 6) is -1.66. The number of hydrogen-bond acceptors (Lipinski definition) is 3. The van der Waals surface area contributed by atoms with Gasteiger partial charge in [0.25, 0.3) is 0 Å². The maximum atomic E-state index is 12.8. The van der Waals surface area contributed by atoms with E-state index in [1.54, 1.807) is 23.0 Å². The summed E-state index contributed by atoms with van der Waals surface area (Å²) in [4.78, 5) is 11.0. The van der Waals surface area contributed by atoms with E-state index in [1.165, 1.54) is 0 Å². The Morgan fingerprint density at radius 2 is 1.68 bits per heavy atom. The van der Waals surface area contributed by atoms with Gasteiger partial charge in [0.05, 0.1) is 13.1 Å². The largest absolute Gasteiger partial charge is 0.478 e. The summed E-state index contributed by atoms with van der Waals surface area (Å²) in [7, 11) is 0. The van der Waals surface area contributed by atoms with Crippen LogP contribution in [0, 0.1) is 0 Å². The lowest BCUT2D eigenvalue weighted by atomic mass is 10.1. The van der Waals surface area contributed by atoms with Crippen LogP contribution in [0.1, 0.15) is 27.2 Å². The van der Waals surface area contributed by atoms with Crippen LogP contribution in [0.3, 0.4) is 0 Å². The minimum Gasteiger partial charge on any atom is -0.478 e. The van der Waals surface area contributed by atoms with E-state index < -0.39 is 23.4 Å². The average molecular weight is 350 g/mol. The number of carboxylic acids is 1. The Morgan fingerprint density at radius 3 is 2.12 bits per heavy atom. The zero-order valence-corrected chi connectivity index (χ0v) is 12.8. The fourth-order valence-electron chi connectivity index (χ4n) is 2.39. The van der Waals surface area contributed by atoms with Gasteiger partial charge >= 0.3 is 12.1 Å². The summed E-state index contributed by atoms with van der Waals surface area (Å²) < 4.78 is 41.3. The molecule has 0 radical (unpaired) electrons. The number of aromatic carboxylic acids is 1. The second kappa shape index (κ2) is 6.42. The Hall–Kier alpha value is -3.10. The standard InChI is InChI=1S/C16H13F3N4O2/c17-16(18,19)14-13(15(24)25)10-23(21-14)9-12-4-2-11(3-5-12)8-22-7-1-6-20-22/h1-7,10H,8-9H2,(H,24,25). The van der Waals surface area contributed by atoms with Crippen LogP contribution in [0.2, 0.25) is 0 Å². The van der Waals surface area contributed by atoms with Crippen LogP contribution in [0.25, 0.3) is 0 Å². The highest BCUT2D eigenvalue weighted by molar-refractivity contribution is 5.88. The molecule has 0 amide bonds. The van der Waals surface area contributed by atoms with Gasteiger partial charge in [0.2, 0.25) is 0 Å². The number of benzene rings is 1. The van der Waals surface area contributed by atoms with Crippen LogP contribution in [0.4, 0.5) is 13.2 Å². The lowest BCUT2D eigenvalue weighted by Gasteiger charge is -2.06. The Bertz CT molecular complexity index is 868. The van der Waals surface area contributed by atoms with Crippen molar-refractivity contribution < 1.29 is 23.1 Å². The second-order valence-corrected chi connectivity index (χ2v) is 5.41. The van der Waals surface area contributed by atoms with E-state index in [1.807, 2.05) is 24.4 Å². The topological polar surface area (TPSA) is 72.9 Å². The third-order valence-electron chi connectivity index (χ3n) is 3.53. The van der Waals surface area contributed by atoms with E-state index in [0.717, 1.165) is 16.4 Å². The van der Waals surface area contributed by atoms with Crippen molar-refractivity contribution in [2.75, 3.05) is 0 Å². The minimum absolute atomic E-state index is 0.0401. The Balaban J connectivity index is 1.77. The van der Waals surface area contributed by atoms with E-state index in [9.17, 15) is 18.0 Å². The van der Waals surface area contributed by atoms with Gasteiger partial charge in [-0.3, -0.25) is 9.36 Å². The lowest BCUT2D eigenvalue weighted by Crippen LogP contribution is -2.12. The first-order valence-electron chi connectivity index (χ1n) is 7.26. The van der Waals surface area contributed by atoms with Crippen molar-refractivity contribution in [3.63, 3.8) is 0 Å². The molecule has 0 saturated heterocycles.